The standard InChI is InChI=1S/C36H46N2O7Si/c1-7-8-10-13-25-16-18-27(19-17-25)29-20-28-22-38(34(39)37-33(28)44-29)32-21-30(31(43-32)24-42-46(5,6)36(2,3)4)45-35(40)41-23-26-14-11-9-12-15-26/h9,11-12,14-20,22,30-32H,7-8,10,13,21,23-24H2,1-6H3. The van der Waals surface area contributed by atoms with Crippen molar-refractivity contribution in [2.24, 2.45) is 0 Å². The molecule has 246 valence electrons. The van der Waals surface area contributed by atoms with Crippen LogP contribution in [0.4, 0.5) is 4.79 Å². The molecule has 0 aliphatic carbocycles. The monoisotopic (exact) mass is 646 g/mol. The lowest BCUT2D eigenvalue weighted by Gasteiger charge is -2.37. The summed E-state index contributed by atoms with van der Waals surface area (Å²) in [6.07, 6.45) is 3.77. The van der Waals surface area contributed by atoms with Crippen LogP contribution < -0.4 is 5.69 Å². The summed E-state index contributed by atoms with van der Waals surface area (Å²) < 4.78 is 31.4. The molecule has 0 bridgehead atoms. The zero-order valence-electron chi connectivity index (χ0n) is 27.8. The molecule has 0 radical (unpaired) electrons. The minimum atomic E-state index is -2.14. The quantitative estimate of drug-likeness (QED) is 0.0859. The van der Waals surface area contributed by atoms with Gasteiger partial charge in [-0.25, -0.2) is 9.59 Å². The van der Waals surface area contributed by atoms with Crippen molar-refractivity contribution in [1.82, 2.24) is 9.55 Å². The highest BCUT2D eigenvalue weighted by atomic mass is 28.4. The Kier molecular flexibility index (Phi) is 10.5. The molecule has 3 heterocycles. The van der Waals surface area contributed by atoms with E-state index in [1.807, 2.05) is 48.5 Å². The first-order chi connectivity index (χ1) is 21.9. The van der Waals surface area contributed by atoms with Gasteiger partial charge in [-0.2, -0.15) is 4.98 Å². The maximum absolute atomic E-state index is 13.2. The fourth-order valence-corrected chi connectivity index (χ4v) is 6.23. The number of hydrogen-bond donors (Lipinski definition) is 0. The van der Waals surface area contributed by atoms with E-state index in [2.05, 4.69) is 57.9 Å². The smallest absolute Gasteiger partial charge is 0.437 e. The van der Waals surface area contributed by atoms with Crippen LogP contribution >= 0.6 is 0 Å². The number of hydrogen-bond acceptors (Lipinski definition) is 8. The van der Waals surface area contributed by atoms with Crippen LogP contribution in [0.15, 0.2) is 76.1 Å². The third kappa shape index (κ3) is 8.15. The van der Waals surface area contributed by atoms with Crippen molar-refractivity contribution < 1.29 is 27.8 Å². The van der Waals surface area contributed by atoms with E-state index >= 15 is 0 Å². The van der Waals surface area contributed by atoms with E-state index in [-0.39, 0.29) is 30.4 Å². The van der Waals surface area contributed by atoms with Gasteiger partial charge in [0, 0.05) is 18.2 Å². The molecule has 3 atom stereocenters. The summed E-state index contributed by atoms with van der Waals surface area (Å²) in [7, 11) is -2.14. The molecule has 1 saturated heterocycles. The van der Waals surface area contributed by atoms with Crippen molar-refractivity contribution in [2.75, 3.05) is 6.61 Å². The Bertz CT molecular complexity index is 1660. The van der Waals surface area contributed by atoms with Crippen molar-refractivity contribution in [3.05, 3.63) is 88.5 Å². The number of carbonyl (C=O) groups excluding carboxylic acids is 1. The number of rotatable bonds is 12. The van der Waals surface area contributed by atoms with E-state index in [9.17, 15) is 9.59 Å². The molecular formula is C36H46N2O7Si. The average Bonchev–Trinajstić information content (AvgIpc) is 3.62. The highest BCUT2D eigenvalue weighted by molar-refractivity contribution is 6.74. The Morgan fingerprint density at radius 2 is 1.78 bits per heavy atom. The highest BCUT2D eigenvalue weighted by Crippen LogP contribution is 2.38. The summed E-state index contributed by atoms with van der Waals surface area (Å²) in [5.41, 5.74) is 2.81. The molecule has 1 aliphatic heterocycles. The molecule has 4 aromatic rings. The van der Waals surface area contributed by atoms with Crippen LogP contribution in [-0.4, -0.2) is 42.8 Å². The van der Waals surface area contributed by atoms with E-state index in [1.165, 1.54) is 29.4 Å². The number of aryl methyl sites for hydroxylation is 1. The minimum absolute atomic E-state index is 0.0176. The van der Waals surface area contributed by atoms with Gasteiger partial charge in [-0.1, -0.05) is 95.1 Å². The van der Waals surface area contributed by atoms with E-state index in [0.29, 0.717) is 11.1 Å². The third-order valence-corrected chi connectivity index (χ3v) is 13.6. The Morgan fingerprint density at radius 3 is 2.48 bits per heavy atom. The van der Waals surface area contributed by atoms with E-state index < -0.39 is 38.6 Å². The van der Waals surface area contributed by atoms with Gasteiger partial charge in [-0.05, 0) is 48.2 Å². The largest absolute Gasteiger partial charge is 0.508 e. The van der Waals surface area contributed by atoms with Crippen molar-refractivity contribution in [3.63, 3.8) is 0 Å². The summed E-state index contributed by atoms with van der Waals surface area (Å²) in [5, 5.41) is 0.655. The molecule has 1 fully saturated rings. The van der Waals surface area contributed by atoms with Gasteiger partial charge in [0.15, 0.2) is 8.32 Å². The van der Waals surface area contributed by atoms with Gasteiger partial charge in [0.2, 0.25) is 5.71 Å². The zero-order valence-corrected chi connectivity index (χ0v) is 28.8. The molecule has 1 aliphatic rings. The number of benzene rings is 2. The number of aromatic nitrogens is 2. The van der Waals surface area contributed by atoms with Crippen LogP contribution in [-0.2, 0) is 31.7 Å². The van der Waals surface area contributed by atoms with Gasteiger partial charge >= 0.3 is 11.8 Å². The fraction of sp³-hybridized carbons (Fsp3) is 0.472. The molecule has 9 nitrogen and oxygen atoms in total. The normalized spacial score (nSPS) is 18.6. The number of carbonyl (C=O) groups is 1. The lowest BCUT2D eigenvalue weighted by Crippen LogP contribution is -2.44. The highest BCUT2D eigenvalue weighted by Gasteiger charge is 2.43. The van der Waals surface area contributed by atoms with Crippen molar-refractivity contribution in [1.29, 1.82) is 0 Å². The topological polar surface area (TPSA) is 102 Å². The van der Waals surface area contributed by atoms with E-state index in [0.717, 1.165) is 17.5 Å². The molecule has 0 N–H and O–H groups in total. The Morgan fingerprint density at radius 1 is 1.04 bits per heavy atom. The SMILES string of the molecule is CCCCCc1ccc(-c2cc3cn(C4CC(OC(=O)OCc5ccccc5)C(CO[Si](C)(C)C(C)(C)C)O4)c(=O)nc3o2)cc1. The molecule has 0 amide bonds. The number of furan rings is 1. The third-order valence-electron chi connectivity index (χ3n) is 9.10. The average molecular weight is 647 g/mol. The minimum Gasteiger partial charge on any atom is -0.437 e. The first kappa shape index (κ1) is 33.6. The Balaban J connectivity index is 1.33. The summed E-state index contributed by atoms with van der Waals surface area (Å²) in [6.45, 7) is 13.3. The zero-order chi connectivity index (χ0) is 32.9. The second-order valence-electron chi connectivity index (χ2n) is 13.6. The summed E-state index contributed by atoms with van der Waals surface area (Å²) in [4.78, 5) is 30.2. The van der Waals surface area contributed by atoms with Gasteiger partial charge < -0.3 is 23.1 Å². The van der Waals surface area contributed by atoms with Crippen LogP contribution in [0.2, 0.25) is 18.1 Å². The summed E-state index contributed by atoms with van der Waals surface area (Å²) in [5.74, 6) is 0.634. The predicted molar refractivity (Wildman–Crippen MR) is 180 cm³/mol. The van der Waals surface area contributed by atoms with Crippen LogP contribution in [0.5, 0.6) is 0 Å². The predicted octanol–water partition coefficient (Wildman–Crippen LogP) is 8.42. The molecular weight excluding hydrogens is 600 g/mol. The molecule has 2 aromatic carbocycles. The van der Waals surface area contributed by atoms with Crippen molar-refractivity contribution in [2.45, 2.75) is 103 Å². The lowest BCUT2D eigenvalue weighted by molar-refractivity contribution is -0.0559. The van der Waals surface area contributed by atoms with Crippen LogP contribution in [0.3, 0.4) is 0 Å². The molecule has 5 rings (SSSR count). The maximum atomic E-state index is 13.2. The molecule has 3 unspecified atom stereocenters. The van der Waals surface area contributed by atoms with E-state index in [4.69, 9.17) is 23.1 Å². The molecule has 0 spiro atoms. The second-order valence-corrected chi connectivity index (χ2v) is 18.4. The summed E-state index contributed by atoms with van der Waals surface area (Å²) >= 11 is 0. The summed E-state index contributed by atoms with van der Waals surface area (Å²) in [6, 6.07) is 19.6. The first-order valence-electron chi connectivity index (χ1n) is 16.2. The number of ether oxygens (including phenoxy) is 3. The first-order valence-corrected chi connectivity index (χ1v) is 19.1. The van der Waals surface area contributed by atoms with Gasteiger partial charge in [-0.3, -0.25) is 4.57 Å². The van der Waals surface area contributed by atoms with Gasteiger partial charge in [0.1, 0.15) is 30.8 Å². The molecule has 2 aromatic heterocycles. The molecule has 10 heteroatoms. The van der Waals surface area contributed by atoms with E-state index in [1.54, 1.807) is 6.20 Å². The number of unbranched alkanes of at least 4 members (excludes halogenated alkanes) is 2. The Labute approximate surface area is 272 Å². The van der Waals surface area contributed by atoms with Crippen molar-refractivity contribution in [3.8, 4) is 11.3 Å². The second kappa shape index (κ2) is 14.4. The molecule has 0 saturated carbocycles. The lowest BCUT2D eigenvalue weighted by atomic mass is 10.0. The molecule has 46 heavy (non-hydrogen) atoms. The van der Waals surface area contributed by atoms with Crippen molar-refractivity contribution >= 4 is 25.6 Å². The Hall–Kier alpha value is -3.73. The maximum Gasteiger partial charge on any atom is 0.508 e. The van der Waals surface area contributed by atoms with Gasteiger partial charge in [-0.15, -0.1) is 0 Å². The number of nitrogens with zero attached hydrogens (tertiary/aromatic N) is 2. The fourth-order valence-electron chi connectivity index (χ4n) is 5.21. The van der Waals surface area contributed by atoms with Gasteiger partial charge in [0.25, 0.3) is 0 Å². The van der Waals surface area contributed by atoms with Crippen LogP contribution in [0.25, 0.3) is 22.4 Å². The van der Waals surface area contributed by atoms with Crippen LogP contribution in [0, 0.1) is 0 Å². The number of fused-ring (bicyclic) bond motifs is 1. The van der Waals surface area contributed by atoms with Gasteiger partial charge in [0.05, 0.1) is 12.0 Å². The van der Waals surface area contributed by atoms with Crippen LogP contribution in [0.1, 0.15) is 70.7 Å².